The summed E-state index contributed by atoms with van der Waals surface area (Å²) in [6.45, 7) is 1.61. The zero-order chi connectivity index (χ0) is 12.3. The first kappa shape index (κ1) is 12.6. The summed E-state index contributed by atoms with van der Waals surface area (Å²) in [6.07, 6.45) is 0.540. The van der Waals surface area contributed by atoms with E-state index in [4.69, 9.17) is 5.11 Å². The first-order chi connectivity index (χ1) is 7.47. The van der Waals surface area contributed by atoms with E-state index in [0.717, 1.165) is 0 Å². The van der Waals surface area contributed by atoms with Crippen LogP contribution in [0.2, 0.25) is 0 Å². The zero-order valence-electron chi connectivity index (χ0n) is 8.44. The molecule has 0 heterocycles. The summed E-state index contributed by atoms with van der Waals surface area (Å²) in [4.78, 5) is 32.6. The minimum Gasteiger partial charge on any atom is -0.478 e. The summed E-state index contributed by atoms with van der Waals surface area (Å²) in [5, 5.41) is 8.93. The van der Waals surface area contributed by atoms with E-state index in [1.165, 1.54) is 18.2 Å². The number of alkyl halides is 1. The number of carboxylic acids is 1. The number of hydrogen-bond donors (Lipinski definition) is 1. The maximum atomic E-state index is 11.7. The van der Waals surface area contributed by atoms with Crippen molar-refractivity contribution in [2.24, 2.45) is 0 Å². The molecule has 1 rings (SSSR count). The molecule has 0 fully saturated rings. The van der Waals surface area contributed by atoms with Crippen LogP contribution in [0.1, 0.15) is 38.0 Å². The number of carboxylic acid groups (broad SMARTS) is 1. The van der Waals surface area contributed by atoms with Gasteiger partial charge >= 0.3 is 5.97 Å². The molecule has 1 aromatic carbocycles. The van der Waals surface area contributed by atoms with Gasteiger partial charge in [0.15, 0.2) is 5.78 Å². The molecule has 0 saturated carbocycles. The van der Waals surface area contributed by atoms with Gasteiger partial charge in [-0.1, -0.05) is 22.0 Å². The van der Waals surface area contributed by atoms with Gasteiger partial charge in [-0.3, -0.25) is 9.59 Å². The molecule has 0 aromatic heterocycles. The van der Waals surface area contributed by atoms with Crippen LogP contribution in [-0.2, 0) is 0 Å². The molecule has 1 atom stereocenters. The van der Waals surface area contributed by atoms with E-state index in [-0.39, 0.29) is 22.5 Å². The minimum absolute atomic E-state index is 0.0995. The summed E-state index contributed by atoms with van der Waals surface area (Å²) >= 11 is 3.08. The second-order valence-electron chi connectivity index (χ2n) is 3.21. The highest BCUT2D eigenvalue weighted by atomic mass is 79.9. The molecular weight excluding hydrogens is 276 g/mol. The standard InChI is InChI=1S/C11H9BrO4/c1-6(12)10(14)8-3-2-7(5-13)4-9(8)11(15)16/h2-6H,1H3,(H,15,16). The quantitative estimate of drug-likeness (QED) is 0.523. The van der Waals surface area contributed by atoms with Crippen molar-refractivity contribution in [3.8, 4) is 0 Å². The molecule has 1 aromatic rings. The molecule has 0 amide bonds. The fourth-order valence-electron chi connectivity index (χ4n) is 1.24. The molecule has 0 saturated heterocycles. The van der Waals surface area contributed by atoms with Crippen molar-refractivity contribution in [3.05, 3.63) is 34.9 Å². The van der Waals surface area contributed by atoms with Crippen molar-refractivity contribution < 1.29 is 19.5 Å². The average molecular weight is 285 g/mol. The third kappa shape index (κ3) is 2.55. The Bertz CT molecular complexity index is 451. The summed E-state index contributed by atoms with van der Waals surface area (Å²) in [7, 11) is 0. The number of ketones is 1. The van der Waals surface area contributed by atoms with Crippen LogP contribution in [-0.4, -0.2) is 28.0 Å². The highest BCUT2D eigenvalue weighted by Crippen LogP contribution is 2.16. The molecular formula is C11H9BrO4. The lowest BCUT2D eigenvalue weighted by atomic mass is 10.00. The SMILES string of the molecule is CC(Br)C(=O)c1ccc(C=O)cc1C(=O)O. The lowest BCUT2D eigenvalue weighted by molar-refractivity contribution is 0.0692. The first-order valence-electron chi connectivity index (χ1n) is 4.48. The van der Waals surface area contributed by atoms with Crippen molar-refractivity contribution >= 4 is 34.0 Å². The smallest absolute Gasteiger partial charge is 0.336 e. The van der Waals surface area contributed by atoms with E-state index in [0.29, 0.717) is 6.29 Å². The molecule has 4 nitrogen and oxygen atoms in total. The lowest BCUT2D eigenvalue weighted by Crippen LogP contribution is -2.15. The predicted molar refractivity (Wildman–Crippen MR) is 61.5 cm³/mol. The summed E-state index contributed by atoms with van der Waals surface area (Å²) in [5.74, 6) is -1.55. The second-order valence-corrected chi connectivity index (χ2v) is 4.58. The van der Waals surface area contributed by atoms with E-state index in [9.17, 15) is 14.4 Å². The van der Waals surface area contributed by atoms with Crippen LogP contribution in [0, 0.1) is 0 Å². The van der Waals surface area contributed by atoms with E-state index < -0.39 is 10.8 Å². The Morgan fingerprint density at radius 3 is 2.44 bits per heavy atom. The van der Waals surface area contributed by atoms with Crippen molar-refractivity contribution in [2.45, 2.75) is 11.8 Å². The third-order valence-corrected chi connectivity index (χ3v) is 2.45. The van der Waals surface area contributed by atoms with Gasteiger partial charge in [0.05, 0.1) is 10.4 Å². The monoisotopic (exact) mass is 284 g/mol. The van der Waals surface area contributed by atoms with Crippen LogP contribution in [0.5, 0.6) is 0 Å². The van der Waals surface area contributed by atoms with Gasteiger partial charge in [0.1, 0.15) is 6.29 Å². The number of benzene rings is 1. The molecule has 5 heteroatoms. The van der Waals surface area contributed by atoms with Gasteiger partial charge in [0.25, 0.3) is 0 Å². The first-order valence-corrected chi connectivity index (χ1v) is 5.39. The molecule has 16 heavy (non-hydrogen) atoms. The molecule has 0 radical (unpaired) electrons. The van der Waals surface area contributed by atoms with Crippen LogP contribution < -0.4 is 0 Å². The number of carbonyl (C=O) groups excluding carboxylic acids is 2. The zero-order valence-corrected chi connectivity index (χ0v) is 10.0. The van der Waals surface area contributed by atoms with Crippen LogP contribution in [0.25, 0.3) is 0 Å². The Hall–Kier alpha value is -1.49. The number of hydrogen-bond acceptors (Lipinski definition) is 3. The number of rotatable bonds is 4. The molecule has 0 bridgehead atoms. The van der Waals surface area contributed by atoms with Gasteiger partial charge in [-0.2, -0.15) is 0 Å². The highest BCUT2D eigenvalue weighted by molar-refractivity contribution is 9.10. The van der Waals surface area contributed by atoms with Gasteiger partial charge in [0, 0.05) is 11.1 Å². The fourth-order valence-corrected chi connectivity index (χ4v) is 1.49. The molecule has 1 N–H and O–H groups in total. The Morgan fingerprint density at radius 2 is 2.00 bits per heavy atom. The maximum absolute atomic E-state index is 11.7. The third-order valence-electron chi connectivity index (χ3n) is 2.04. The number of aldehydes is 1. The van der Waals surface area contributed by atoms with Gasteiger partial charge in [-0.05, 0) is 19.1 Å². The van der Waals surface area contributed by atoms with Crippen LogP contribution >= 0.6 is 15.9 Å². The van der Waals surface area contributed by atoms with Gasteiger partial charge in [-0.25, -0.2) is 4.79 Å². The minimum atomic E-state index is -1.22. The molecule has 0 aliphatic heterocycles. The second kappa shape index (κ2) is 5.03. The normalized spacial score (nSPS) is 11.9. The molecule has 1 unspecified atom stereocenters. The summed E-state index contributed by atoms with van der Waals surface area (Å²) in [6, 6.07) is 3.97. The predicted octanol–water partition coefficient (Wildman–Crippen LogP) is 2.16. The van der Waals surface area contributed by atoms with Gasteiger partial charge in [0.2, 0.25) is 0 Å². The van der Waals surface area contributed by atoms with E-state index in [2.05, 4.69) is 15.9 Å². The van der Waals surface area contributed by atoms with Crippen molar-refractivity contribution in [2.75, 3.05) is 0 Å². The largest absolute Gasteiger partial charge is 0.478 e. The number of aromatic carboxylic acids is 1. The number of halogens is 1. The summed E-state index contributed by atoms with van der Waals surface area (Å²) < 4.78 is 0. The molecule has 84 valence electrons. The van der Waals surface area contributed by atoms with E-state index in [1.54, 1.807) is 6.92 Å². The Labute approximate surface area is 100 Å². The topological polar surface area (TPSA) is 71.4 Å². The Morgan fingerprint density at radius 1 is 1.38 bits per heavy atom. The lowest BCUT2D eigenvalue weighted by Gasteiger charge is -2.07. The van der Waals surface area contributed by atoms with Crippen LogP contribution in [0.4, 0.5) is 0 Å². The molecule has 0 aliphatic carbocycles. The number of carbonyl (C=O) groups is 3. The number of Topliss-reactive ketones (excluding diaryl/α,β-unsaturated/α-hetero) is 1. The van der Waals surface area contributed by atoms with E-state index in [1.807, 2.05) is 0 Å². The van der Waals surface area contributed by atoms with Crippen LogP contribution in [0.15, 0.2) is 18.2 Å². The highest BCUT2D eigenvalue weighted by Gasteiger charge is 2.19. The van der Waals surface area contributed by atoms with E-state index >= 15 is 0 Å². The van der Waals surface area contributed by atoms with Crippen molar-refractivity contribution in [1.82, 2.24) is 0 Å². The Kier molecular flexibility index (Phi) is 3.95. The Balaban J connectivity index is 3.34. The molecule has 0 spiro atoms. The van der Waals surface area contributed by atoms with Crippen LogP contribution in [0.3, 0.4) is 0 Å². The molecule has 0 aliphatic rings. The van der Waals surface area contributed by atoms with Crippen molar-refractivity contribution in [1.29, 1.82) is 0 Å². The van der Waals surface area contributed by atoms with Crippen molar-refractivity contribution in [3.63, 3.8) is 0 Å². The summed E-state index contributed by atoms with van der Waals surface area (Å²) in [5.41, 5.74) is 0.180. The van der Waals surface area contributed by atoms with Gasteiger partial charge in [-0.15, -0.1) is 0 Å². The average Bonchev–Trinajstić information content (AvgIpc) is 2.26. The fraction of sp³-hybridized carbons (Fsp3) is 0.182. The van der Waals surface area contributed by atoms with Gasteiger partial charge < -0.3 is 5.11 Å². The maximum Gasteiger partial charge on any atom is 0.336 e.